The molecule has 0 bridgehead atoms. The molecule has 0 aromatic heterocycles. The first kappa shape index (κ1) is 740. The molecule has 0 radical (unpaired) electrons. The summed E-state index contributed by atoms with van der Waals surface area (Å²) in [5.41, 5.74) is 4.50. The average molecular weight is 534 g/mol. The maximum absolute atomic E-state index is 7.00. The molecule has 0 fully saturated rings. The van der Waals surface area contributed by atoms with Crippen molar-refractivity contribution in [3.8, 4) is 0 Å². The smallest absolute Gasteiger partial charge is 0.0319 e. The van der Waals surface area contributed by atoms with Crippen molar-refractivity contribution in [1.82, 2.24) is 24.6 Å². The van der Waals surface area contributed by atoms with Gasteiger partial charge in [0, 0.05) is 14.2 Å². The second kappa shape index (κ2) is 40200. The highest BCUT2D eigenvalue weighted by molar-refractivity contribution is 3.54. The lowest BCUT2D eigenvalue weighted by molar-refractivity contribution is 0.399. The molecule has 0 aromatic rings. The Hall–Kier alpha value is -0.800. The van der Waals surface area contributed by atoms with Crippen LogP contribution in [-0.4, -0.2) is 103 Å². The lowest BCUT2D eigenvalue weighted by Gasteiger charge is -1.21. The van der Waals surface area contributed by atoms with Gasteiger partial charge in [-0.25, -0.2) is 0 Å². The molecule has 242 valence electrons. The number of aliphatic hydroxyl groups excluding tert-OH is 2. The van der Waals surface area contributed by atoms with E-state index in [1.165, 1.54) is 7.05 Å². The number of hydrogen-bond donors (Lipinski definition) is 7. The minimum Gasteiger partial charge on any atom is -0.412 e. The van der Waals surface area contributed by atoms with Gasteiger partial charge in [-0.1, -0.05) is 62.8 Å². The third-order valence-corrected chi connectivity index (χ3v) is 0. The zero-order valence-electron chi connectivity index (χ0n) is 21.8. The van der Waals surface area contributed by atoms with Crippen molar-refractivity contribution < 1.29 is 81.4 Å². The Morgan fingerprint density at radius 2 is 0.281 bits per heavy atom. The molecule has 32 heavy (non-hydrogen) atoms. The highest BCUT2D eigenvalue weighted by Gasteiger charge is 0.938. The first-order chi connectivity index (χ1) is 7.00. The monoisotopic (exact) mass is 534 g/mol. The number of nitrogens with two attached hydrogens (primary N) is 1. The van der Waals surface area contributed by atoms with E-state index in [4.69, 9.17) is 10.2 Å². The first-order valence-electron chi connectivity index (χ1n) is 5.47. The molecule has 0 saturated heterocycles. The van der Waals surface area contributed by atoms with E-state index in [2.05, 4.69) is 5.73 Å². The topological polar surface area (TPSA) is 616 Å². The lowest BCUT2D eigenvalue weighted by Crippen LogP contribution is -1.69. The van der Waals surface area contributed by atoms with E-state index in [1.807, 2.05) is 55.4 Å². The van der Waals surface area contributed by atoms with Crippen molar-refractivity contribution in [2.45, 2.75) is 62.8 Å². The Labute approximate surface area is 197 Å². The van der Waals surface area contributed by atoms with Crippen molar-refractivity contribution in [2.24, 2.45) is 5.73 Å². The number of hydrogen-bond acceptors (Lipinski definition) is 7. The SMILES string of the molecule is C.CC.CC.CC.CC.CN.CO.CO.N.N.N.N.O.O.O.O.O.O.O.O.O.O.O.O.O. The molecule has 0 saturated carbocycles. The summed E-state index contributed by atoms with van der Waals surface area (Å²) in [5.74, 6) is 0. The third kappa shape index (κ3) is 36300. The summed E-state index contributed by atoms with van der Waals surface area (Å²) in [6.07, 6.45) is 0. The van der Waals surface area contributed by atoms with Crippen LogP contribution < -0.4 is 30.3 Å². The normalized spacial score (nSPS) is 1.31. The van der Waals surface area contributed by atoms with Crippen LogP contribution in [0.25, 0.3) is 0 Å². The third-order valence-electron chi connectivity index (χ3n) is 0. The molecular weight excluding hydrogens is 454 g/mol. The maximum atomic E-state index is 7.00. The van der Waals surface area contributed by atoms with E-state index >= 15 is 0 Å². The Morgan fingerprint density at radius 3 is 0.281 bits per heavy atom. The molecule has 0 amide bonds. The largest absolute Gasteiger partial charge is 0.412 e. The Morgan fingerprint density at radius 1 is 0.281 bits per heavy atom. The van der Waals surface area contributed by atoms with E-state index in [-0.39, 0.29) is 103 Å². The van der Waals surface area contributed by atoms with Gasteiger partial charge in [-0.15, -0.1) is 0 Å². The highest BCUT2D eigenvalue weighted by atomic mass is 16.2. The first-order valence-corrected chi connectivity index (χ1v) is 5.47. The maximum Gasteiger partial charge on any atom is 0.0319 e. The van der Waals surface area contributed by atoms with Gasteiger partial charge >= 0.3 is 0 Å². The molecule has 20 nitrogen and oxygen atoms in total. The van der Waals surface area contributed by atoms with E-state index < -0.39 is 0 Å². The van der Waals surface area contributed by atoms with Crippen molar-refractivity contribution in [3.63, 3.8) is 0 Å². The van der Waals surface area contributed by atoms with Crippen LogP contribution in [0.5, 0.6) is 0 Å². The predicted octanol–water partition coefficient (Wildman–Crippen LogP) is -6.54. The van der Waals surface area contributed by atoms with Crippen LogP contribution in [0.15, 0.2) is 0 Å². The van der Waals surface area contributed by atoms with Crippen LogP contribution in [0.1, 0.15) is 62.8 Å². The molecule has 20 heteroatoms. The van der Waals surface area contributed by atoms with Gasteiger partial charge in [0.25, 0.3) is 0 Å². The van der Waals surface area contributed by atoms with Crippen molar-refractivity contribution >= 4 is 0 Å². The van der Waals surface area contributed by atoms with Gasteiger partial charge in [-0.3, -0.25) is 0 Å². The fourth-order valence-electron chi connectivity index (χ4n) is 0. The van der Waals surface area contributed by atoms with Gasteiger partial charge in [0.2, 0.25) is 0 Å². The van der Waals surface area contributed by atoms with Crippen molar-refractivity contribution in [2.75, 3.05) is 21.3 Å². The van der Waals surface area contributed by atoms with Gasteiger partial charge in [0.1, 0.15) is 0 Å². The van der Waals surface area contributed by atoms with E-state index in [0.29, 0.717) is 0 Å². The molecule has 0 heterocycles. The molecule has 0 spiro atoms. The van der Waals surface area contributed by atoms with Crippen LogP contribution in [0.2, 0.25) is 0 Å². The number of rotatable bonds is 0. The fraction of sp³-hybridized carbons (Fsp3) is 1.00. The number of aliphatic hydroxyl groups is 2. The second-order valence-corrected chi connectivity index (χ2v) is 0. The minimum atomic E-state index is 0. The second-order valence-electron chi connectivity index (χ2n) is 0. The van der Waals surface area contributed by atoms with Gasteiger partial charge in [-0.2, -0.15) is 0 Å². The van der Waals surface area contributed by atoms with Gasteiger partial charge < -0.3 is 112 Å². The average Bonchev–Trinajstić information content (AvgIpc) is 2.45. The highest BCUT2D eigenvalue weighted by Crippen LogP contribution is 1.15. The summed E-state index contributed by atoms with van der Waals surface area (Å²) in [6.45, 7) is 16.0. The quantitative estimate of drug-likeness (QED) is 0.157. The predicted molar refractivity (Wildman–Crippen MR) is 146 cm³/mol. The summed E-state index contributed by atoms with van der Waals surface area (Å²) >= 11 is 0. The molecule has 0 unspecified atom stereocenters. The van der Waals surface area contributed by atoms with Gasteiger partial charge in [0.15, 0.2) is 0 Å². The van der Waals surface area contributed by atoms with Gasteiger partial charge in [0.05, 0.1) is 0 Å². The zero-order chi connectivity index (χ0) is 14.0. The minimum absolute atomic E-state index is 0. The molecule has 42 N–H and O–H groups in total. The lowest BCUT2D eigenvalue weighted by atomic mass is 11.0. The van der Waals surface area contributed by atoms with Crippen LogP contribution in [0.4, 0.5) is 0 Å². The standard InChI is InChI=1S/4C2H6.CH5N.2CH4O.CH4.4H3N.13H2O/c7*1-2;;;;;;;;;;;;;;;;;;/h4*1-2H3;2H2,1H3;2*2H,1H3;1H4;4*1H3;13*1H2. The van der Waals surface area contributed by atoms with Crippen LogP contribution in [0, 0.1) is 0 Å². The molecule has 0 aliphatic rings. The Kier molecular flexibility index (Phi) is 931000. The molecule has 0 rings (SSSR count). The summed E-state index contributed by atoms with van der Waals surface area (Å²) < 4.78 is 0. The van der Waals surface area contributed by atoms with Crippen molar-refractivity contribution in [3.05, 3.63) is 0 Å². The van der Waals surface area contributed by atoms with E-state index in [9.17, 15) is 0 Å². The van der Waals surface area contributed by atoms with Crippen LogP contribution >= 0.6 is 0 Å². The summed E-state index contributed by atoms with van der Waals surface area (Å²) in [7, 11) is 3.50. The van der Waals surface area contributed by atoms with Gasteiger partial charge in [-0.05, 0) is 7.05 Å². The molecule has 0 aromatic carbocycles. The molecule has 0 atom stereocenters. The summed E-state index contributed by atoms with van der Waals surface area (Å²) in [6, 6.07) is 0. The van der Waals surface area contributed by atoms with E-state index in [0.717, 1.165) is 14.2 Å². The molecule has 0 aliphatic heterocycles. The Bertz CT molecular complexity index is 46.8. The molecular formula is C12H79N5O15. The van der Waals surface area contributed by atoms with Crippen molar-refractivity contribution in [1.29, 1.82) is 0 Å². The Balaban J connectivity index is -0.000000000710. The van der Waals surface area contributed by atoms with E-state index in [1.54, 1.807) is 0 Å². The van der Waals surface area contributed by atoms with Crippen LogP contribution in [-0.2, 0) is 0 Å². The summed E-state index contributed by atoms with van der Waals surface area (Å²) in [4.78, 5) is 0. The van der Waals surface area contributed by atoms with Crippen LogP contribution in [0.3, 0.4) is 0 Å². The summed E-state index contributed by atoms with van der Waals surface area (Å²) in [5, 5.41) is 14.0. The zero-order valence-corrected chi connectivity index (χ0v) is 21.8. The fourth-order valence-corrected chi connectivity index (χ4v) is 0. The molecule has 0 aliphatic carbocycles.